The van der Waals surface area contributed by atoms with E-state index in [1.807, 2.05) is 30.5 Å². The van der Waals surface area contributed by atoms with E-state index in [2.05, 4.69) is 31.0 Å². The summed E-state index contributed by atoms with van der Waals surface area (Å²) >= 11 is 0. The highest BCUT2D eigenvalue weighted by molar-refractivity contribution is 5.81. The SMILES string of the molecule is CC[N+](C)(CC)CCOCCn1c2nn(C=O)c(=O)c-2nc2cc(C)c(C)cc21. The Morgan fingerprint density at radius 1 is 1.14 bits per heavy atom. The average molecular weight is 401 g/mol. The largest absolute Gasteiger partial charge is 0.374 e. The molecule has 1 aromatic rings. The van der Waals surface area contributed by atoms with Crippen molar-refractivity contribution in [2.75, 3.05) is 39.9 Å². The molecular formula is C21H30N5O3+. The number of aromatic nitrogens is 4. The molecule has 8 nitrogen and oxygen atoms in total. The first-order valence-electron chi connectivity index (χ1n) is 10.1. The molecule has 0 bridgehead atoms. The summed E-state index contributed by atoms with van der Waals surface area (Å²) in [5.41, 5.74) is 3.52. The van der Waals surface area contributed by atoms with Gasteiger partial charge in [-0.15, -0.1) is 5.10 Å². The van der Waals surface area contributed by atoms with E-state index < -0.39 is 5.56 Å². The van der Waals surface area contributed by atoms with Gasteiger partial charge in [0.25, 0.3) is 0 Å². The molecule has 2 aliphatic rings. The molecule has 0 spiro atoms. The van der Waals surface area contributed by atoms with E-state index in [1.54, 1.807) is 0 Å². The number of hydrogen-bond acceptors (Lipinski definition) is 5. The van der Waals surface area contributed by atoms with E-state index in [4.69, 9.17) is 4.74 Å². The summed E-state index contributed by atoms with van der Waals surface area (Å²) in [6, 6.07) is 4.01. The van der Waals surface area contributed by atoms with Crippen molar-refractivity contribution >= 4 is 17.4 Å². The summed E-state index contributed by atoms with van der Waals surface area (Å²) in [6.07, 6.45) is 0.417. The second-order valence-corrected chi connectivity index (χ2v) is 7.80. The van der Waals surface area contributed by atoms with Crippen molar-refractivity contribution in [3.63, 3.8) is 0 Å². The van der Waals surface area contributed by atoms with Gasteiger partial charge in [-0.05, 0) is 51.0 Å². The lowest BCUT2D eigenvalue weighted by atomic mass is 10.1. The molecule has 2 heterocycles. The smallest absolute Gasteiger partial charge is 0.303 e. The van der Waals surface area contributed by atoms with Crippen LogP contribution in [-0.2, 0) is 16.1 Å². The Morgan fingerprint density at radius 2 is 1.83 bits per heavy atom. The molecule has 8 heteroatoms. The van der Waals surface area contributed by atoms with E-state index in [1.165, 1.54) is 0 Å². The number of quaternary nitrogens is 1. The van der Waals surface area contributed by atoms with Crippen LogP contribution in [-0.4, -0.2) is 70.1 Å². The maximum atomic E-state index is 12.4. The molecule has 0 radical (unpaired) electrons. The van der Waals surface area contributed by atoms with Gasteiger partial charge in [0.2, 0.25) is 6.41 Å². The molecular weight excluding hydrogens is 370 g/mol. The van der Waals surface area contributed by atoms with Crippen molar-refractivity contribution in [2.24, 2.45) is 0 Å². The van der Waals surface area contributed by atoms with Gasteiger partial charge in [-0.1, -0.05) is 0 Å². The second-order valence-electron chi connectivity index (χ2n) is 7.80. The molecule has 0 atom stereocenters. The van der Waals surface area contributed by atoms with E-state index in [0.717, 1.165) is 45.4 Å². The zero-order chi connectivity index (χ0) is 21.2. The summed E-state index contributed by atoms with van der Waals surface area (Å²) in [7, 11) is 2.23. The molecule has 3 rings (SSSR count). The first-order chi connectivity index (χ1) is 13.8. The van der Waals surface area contributed by atoms with Gasteiger partial charge in [-0.3, -0.25) is 9.59 Å². The normalized spacial score (nSPS) is 12.2. The lowest BCUT2D eigenvalue weighted by Crippen LogP contribution is -2.45. The molecule has 0 fully saturated rings. The van der Waals surface area contributed by atoms with Crippen LogP contribution in [0.1, 0.15) is 25.0 Å². The molecule has 0 saturated carbocycles. The van der Waals surface area contributed by atoms with Gasteiger partial charge in [0, 0.05) is 6.54 Å². The van der Waals surface area contributed by atoms with E-state index in [9.17, 15) is 9.59 Å². The van der Waals surface area contributed by atoms with E-state index in [-0.39, 0.29) is 5.69 Å². The molecule has 0 saturated heterocycles. The first kappa shape index (κ1) is 21.1. The van der Waals surface area contributed by atoms with Crippen LogP contribution < -0.4 is 5.56 Å². The fourth-order valence-corrected chi connectivity index (χ4v) is 3.39. The zero-order valence-corrected chi connectivity index (χ0v) is 17.9. The van der Waals surface area contributed by atoms with Crippen molar-refractivity contribution < 1.29 is 14.0 Å². The summed E-state index contributed by atoms with van der Waals surface area (Å²) in [6.45, 7) is 13.2. The minimum absolute atomic E-state index is 0.203. The third-order valence-corrected chi connectivity index (χ3v) is 6.06. The molecule has 1 aromatic carbocycles. The number of ether oxygens (including phenoxy) is 1. The average Bonchev–Trinajstić information content (AvgIpc) is 3.03. The van der Waals surface area contributed by atoms with E-state index >= 15 is 0 Å². The number of rotatable bonds is 9. The summed E-state index contributed by atoms with van der Waals surface area (Å²) in [5.74, 6) is 0.407. The van der Waals surface area contributed by atoms with Gasteiger partial charge in [-0.25, -0.2) is 4.98 Å². The fraction of sp³-hybridized carbons (Fsp3) is 0.524. The van der Waals surface area contributed by atoms with Gasteiger partial charge in [0.15, 0.2) is 11.5 Å². The molecule has 0 amide bonds. The maximum Gasteiger partial charge on any atom is 0.303 e. The van der Waals surface area contributed by atoms with Crippen molar-refractivity contribution in [3.05, 3.63) is 33.6 Å². The van der Waals surface area contributed by atoms with Crippen LogP contribution in [0.5, 0.6) is 0 Å². The Bertz CT molecular complexity index is 1050. The first-order valence-corrected chi connectivity index (χ1v) is 10.1. The van der Waals surface area contributed by atoms with Crippen LogP contribution in [0.2, 0.25) is 0 Å². The minimum Gasteiger partial charge on any atom is -0.374 e. The van der Waals surface area contributed by atoms with Crippen LogP contribution >= 0.6 is 0 Å². The molecule has 0 unspecified atom stereocenters. The monoisotopic (exact) mass is 400 g/mol. The molecule has 0 N–H and O–H groups in total. The molecule has 0 aromatic heterocycles. The van der Waals surface area contributed by atoms with E-state index in [0.29, 0.717) is 37.5 Å². The van der Waals surface area contributed by atoms with Crippen LogP contribution in [0.25, 0.3) is 22.6 Å². The molecule has 0 aliphatic carbocycles. The predicted octanol–water partition coefficient (Wildman–Crippen LogP) is 1.86. The number of likely N-dealkylation sites (N-methyl/N-ethyl adjacent to an activating group) is 1. The zero-order valence-electron chi connectivity index (χ0n) is 17.9. The van der Waals surface area contributed by atoms with Crippen LogP contribution in [0.3, 0.4) is 0 Å². The third-order valence-electron chi connectivity index (χ3n) is 6.06. The number of fused-ring (bicyclic) bond motifs is 2. The summed E-state index contributed by atoms with van der Waals surface area (Å²) in [5, 5.41) is 4.18. The maximum absolute atomic E-state index is 12.4. The number of nitrogens with zero attached hydrogens (tertiary/aromatic N) is 5. The quantitative estimate of drug-likeness (QED) is 0.311. The number of hydrogen-bond donors (Lipinski definition) is 0. The van der Waals surface area contributed by atoms with Crippen molar-refractivity contribution in [2.45, 2.75) is 34.2 Å². The van der Waals surface area contributed by atoms with Gasteiger partial charge in [-0.2, -0.15) is 4.68 Å². The number of aryl methyl sites for hydroxylation is 2. The number of carbonyl (C=O) groups is 1. The van der Waals surface area contributed by atoms with Crippen molar-refractivity contribution in [1.82, 2.24) is 19.3 Å². The van der Waals surface area contributed by atoms with Crippen LogP contribution in [0.15, 0.2) is 16.9 Å². The number of benzene rings is 1. The van der Waals surface area contributed by atoms with Gasteiger partial charge < -0.3 is 13.8 Å². The highest BCUT2D eigenvalue weighted by Gasteiger charge is 2.22. The second kappa shape index (κ2) is 8.42. The fourth-order valence-electron chi connectivity index (χ4n) is 3.39. The van der Waals surface area contributed by atoms with Crippen LogP contribution in [0.4, 0.5) is 0 Å². The topological polar surface area (TPSA) is 79.0 Å². The lowest BCUT2D eigenvalue weighted by Gasteiger charge is -2.31. The molecule has 29 heavy (non-hydrogen) atoms. The lowest BCUT2D eigenvalue weighted by molar-refractivity contribution is -0.906. The van der Waals surface area contributed by atoms with Gasteiger partial charge in [0.05, 0.1) is 44.4 Å². The van der Waals surface area contributed by atoms with Crippen molar-refractivity contribution in [3.8, 4) is 11.5 Å². The Balaban J connectivity index is 1.91. The third kappa shape index (κ3) is 4.09. The Hall–Kier alpha value is -2.58. The Morgan fingerprint density at radius 3 is 2.48 bits per heavy atom. The summed E-state index contributed by atoms with van der Waals surface area (Å²) < 4.78 is 9.62. The van der Waals surface area contributed by atoms with Crippen molar-refractivity contribution in [1.29, 1.82) is 0 Å². The number of carbonyl (C=O) groups excluding carboxylic acids is 1. The molecule has 2 aliphatic heterocycles. The van der Waals surface area contributed by atoms with Gasteiger partial charge in [0.1, 0.15) is 6.54 Å². The predicted molar refractivity (Wildman–Crippen MR) is 113 cm³/mol. The van der Waals surface area contributed by atoms with Gasteiger partial charge >= 0.3 is 5.56 Å². The summed E-state index contributed by atoms with van der Waals surface area (Å²) in [4.78, 5) is 28.1. The van der Waals surface area contributed by atoms with Crippen LogP contribution in [0, 0.1) is 13.8 Å². The highest BCUT2D eigenvalue weighted by Crippen LogP contribution is 2.24. The Kier molecular flexibility index (Phi) is 6.14. The minimum atomic E-state index is -0.497. The highest BCUT2D eigenvalue weighted by atomic mass is 16.5. The standard InChI is InChI=1S/C21H30N5O3/c1-6-26(5,7-2)9-11-29-10-8-24-18-13-16(4)15(3)12-17(18)22-19-20(24)23-25(14-27)21(19)28/h12-14H,6-11H2,1-5H3/q+1. The molecule has 156 valence electrons. The Labute approximate surface area is 170 Å².